The largest absolute Gasteiger partial charge is 0.392 e. The summed E-state index contributed by atoms with van der Waals surface area (Å²) in [7, 11) is 0. The van der Waals surface area contributed by atoms with E-state index in [-0.39, 0.29) is 45.9 Å². The molecule has 3 aliphatic heterocycles. The zero-order chi connectivity index (χ0) is 50.7. The zero-order valence-electron chi connectivity index (χ0n) is 45.9. The summed E-state index contributed by atoms with van der Waals surface area (Å²) in [4.78, 5) is 34.8. The van der Waals surface area contributed by atoms with Crippen LogP contribution in [0.15, 0.2) is 41.7 Å². The average molecular weight is 995 g/mol. The summed E-state index contributed by atoms with van der Waals surface area (Å²) in [6, 6.07) is 7.64. The molecule has 7 aliphatic carbocycles. The Bertz CT molecular complexity index is 2680. The number of allylic oxidation sites excluding steroid dienone is 1. The Labute approximate surface area is 437 Å². The molecule has 0 radical (unpaired) electrons. The summed E-state index contributed by atoms with van der Waals surface area (Å²) in [5, 5.41) is 26.6. The van der Waals surface area contributed by atoms with E-state index in [9.17, 15) is 10.2 Å². The number of epoxide rings is 1. The van der Waals surface area contributed by atoms with Crippen molar-refractivity contribution in [1.82, 2.24) is 9.55 Å². The fraction of sp³-hybridized carbons (Fsp3) is 0.754. The third-order valence-electron chi connectivity index (χ3n) is 24.8. The fourth-order valence-corrected chi connectivity index (χ4v) is 20.9. The SMILES string of the molecule is CC1(CC(O)C2OC2(C)C)CCc2c[nH]c3c(Cc4cc(C5CCCCC5)cc(C5CCOCC5)c4)cn(c23)CC2C3=C1C(=O)CC3(C)C1(C)CCC3C(C)(C4CCCC4)C(=O)CC4(CCCC4)C3(C)C1C2O. The lowest BCUT2D eigenvalue weighted by molar-refractivity contribution is -0.266. The van der Waals surface area contributed by atoms with Gasteiger partial charge in [-0.25, -0.2) is 0 Å². The van der Waals surface area contributed by atoms with Crippen LogP contribution in [0.1, 0.15) is 223 Å². The summed E-state index contributed by atoms with van der Waals surface area (Å²) in [6.07, 6.45) is 26.5. The van der Waals surface area contributed by atoms with Gasteiger partial charge in [0, 0.05) is 73.7 Å². The molecule has 11 atom stereocenters. The maximum Gasteiger partial charge on any atom is 0.160 e. The molecule has 1 aromatic carbocycles. The van der Waals surface area contributed by atoms with Crippen molar-refractivity contribution in [3.63, 3.8) is 0 Å². The Morgan fingerprint density at radius 3 is 2.15 bits per heavy atom. The van der Waals surface area contributed by atoms with Gasteiger partial charge in [0.1, 0.15) is 11.9 Å². The average Bonchev–Trinajstić information content (AvgIpc) is 4.08. The minimum Gasteiger partial charge on any atom is -0.392 e. The number of carbonyl (C=O) groups is 2. The topological polar surface area (TPSA) is 117 Å². The van der Waals surface area contributed by atoms with Gasteiger partial charge in [0.2, 0.25) is 0 Å². The second-order valence-electron chi connectivity index (χ2n) is 28.7. The Morgan fingerprint density at radius 1 is 0.795 bits per heavy atom. The van der Waals surface area contributed by atoms with Gasteiger partial charge in [0.05, 0.1) is 28.8 Å². The molecule has 8 heteroatoms. The fourth-order valence-electron chi connectivity index (χ4n) is 20.9. The van der Waals surface area contributed by atoms with Crippen molar-refractivity contribution in [3.8, 4) is 0 Å². The van der Waals surface area contributed by atoms with Crippen molar-refractivity contribution < 1.29 is 29.3 Å². The number of carbonyl (C=O) groups excluding carboxylic acids is 2. The molecule has 8 fully saturated rings. The summed E-state index contributed by atoms with van der Waals surface area (Å²) in [6.45, 7) is 18.6. The lowest BCUT2D eigenvalue weighted by atomic mass is 9.29. The predicted molar refractivity (Wildman–Crippen MR) is 287 cm³/mol. The lowest BCUT2D eigenvalue weighted by Crippen LogP contribution is -2.73. The highest BCUT2D eigenvalue weighted by atomic mass is 16.6. The summed E-state index contributed by atoms with van der Waals surface area (Å²) >= 11 is 0. The molecule has 396 valence electrons. The molecule has 0 amide bonds. The van der Waals surface area contributed by atoms with Crippen molar-refractivity contribution in [3.05, 3.63) is 69.6 Å². The van der Waals surface area contributed by atoms with E-state index in [1.165, 1.54) is 89.4 Å². The zero-order valence-corrected chi connectivity index (χ0v) is 45.9. The maximum absolute atomic E-state index is 15.7. The number of rotatable bonds is 8. The van der Waals surface area contributed by atoms with Crippen LogP contribution in [0, 0.1) is 56.2 Å². The normalized spacial score (nSPS) is 40.0. The minimum atomic E-state index is -0.715. The predicted octanol–water partition coefficient (Wildman–Crippen LogP) is 13.4. The Balaban J connectivity index is 0.973. The van der Waals surface area contributed by atoms with Crippen LogP contribution in [0.2, 0.25) is 0 Å². The molecule has 3 N–H and O–H groups in total. The van der Waals surface area contributed by atoms with Gasteiger partial charge >= 0.3 is 0 Å². The number of aliphatic hydroxyl groups excluding tert-OH is 2. The number of aryl methyl sites for hydroxylation is 1. The molecule has 0 bridgehead atoms. The van der Waals surface area contributed by atoms with E-state index in [1.807, 2.05) is 0 Å². The molecule has 5 heterocycles. The van der Waals surface area contributed by atoms with Crippen LogP contribution in [0.4, 0.5) is 0 Å². The minimum absolute atomic E-state index is 0.0839. The number of benzene rings is 1. The first kappa shape index (κ1) is 49.5. The molecule has 3 aromatic rings. The number of ketones is 2. The van der Waals surface area contributed by atoms with Gasteiger partial charge in [-0.3, -0.25) is 9.59 Å². The van der Waals surface area contributed by atoms with Crippen molar-refractivity contribution in [2.45, 2.75) is 238 Å². The van der Waals surface area contributed by atoms with Crippen molar-refractivity contribution in [1.29, 1.82) is 0 Å². The maximum atomic E-state index is 15.7. The second kappa shape index (κ2) is 17.2. The van der Waals surface area contributed by atoms with Crippen molar-refractivity contribution in [2.75, 3.05) is 13.2 Å². The molecule has 2 saturated heterocycles. The van der Waals surface area contributed by atoms with Crippen LogP contribution in [-0.4, -0.2) is 68.5 Å². The van der Waals surface area contributed by atoms with Gasteiger partial charge in [-0.1, -0.05) is 97.8 Å². The van der Waals surface area contributed by atoms with E-state index >= 15 is 9.59 Å². The van der Waals surface area contributed by atoms with E-state index in [0.29, 0.717) is 49.3 Å². The molecule has 1 spiro atoms. The van der Waals surface area contributed by atoms with Crippen molar-refractivity contribution >= 4 is 22.6 Å². The number of aliphatic hydroxyl groups is 2. The number of H-pyrrole nitrogens is 1. The highest BCUT2D eigenvalue weighted by molar-refractivity contribution is 6.02. The standard InChI is InChI=1S/C65H90N2O6/c1-59(2)58(73-59)49(69)33-60(3)25-19-42-36-66-54-45(31-39-29-43(40-15-9-8-10-16-40)32-44(30-39)41-21-27-72-28-22-41)37-67(55(42)54)38-47-52-53(60)48(68)34-62(52,5)61(4)26-20-50-63(6,46-17-11-12-18-46)51(70)35-65(23-13-14-24-65)64(50,7)57(61)56(47)71/h29-30,32,36-37,40-41,46-47,49-50,56-58,66,69,71H,8-28,31,33-35,38H2,1-7H3. The number of hydrogen-bond acceptors (Lipinski definition) is 6. The highest BCUT2D eigenvalue weighted by Gasteiger charge is 2.78. The first-order valence-electron chi connectivity index (χ1n) is 30.1. The van der Waals surface area contributed by atoms with Gasteiger partial charge in [0.15, 0.2) is 5.78 Å². The summed E-state index contributed by atoms with van der Waals surface area (Å²) in [5.41, 5.74) is 8.76. The van der Waals surface area contributed by atoms with E-state index in [2.05, 4.69) is 88.6 Å². The monoisotopic (exact) mass is 995 g/mol. The van der Waals surface area contributed by atoms with Crippen LogP contribution in [0.25, 0.3) is 11.0 Å². The number of aromatic amines is 1. The molecule has 13 rings (SSSR count). The Morgan fingerprint density at radius 2 is 1.47 bits per heavy atom. The van der Waals surface area contributed by atoms with Gasteiger partial charge in [-0.05, 0) is 182 Å². The van der Waals surface area contributed by atoms with Crippen LogP contribution < -0.4 is 0 Å². The second-order valence-corrected chi connectivity index (χ2v) is 28.7. The number of ether oxygens (including phenoxy) is 2. The van der Waals surface area contributed by atoms with E-state index < -0.39 is 34.1 Å². The van der Waals surface area contributed by atoms with Gasteiger partial charge in [-0.2, -0.15) is 0 Å². The smallest absolute Gasteiger partial charge is 0.160 e. The van der Waals surface area contributed by atoms with Crippen LogP contribution in [0.5, 0.6) is 0 Å². The quantitative estimate of drug-likeness (QED) is 0.194. The number of nitrogens with one attached hydrogen (secondary N) is 1. The van der Waals surface area contributed by atoms with Gasteiger partial charge < -0.3 is 29.2 Å². The van der Waals surface area contributed by atoms with E-state index in [0.717, 1.165) is 102 Å². The molecular formula is C65H90N2O6. The third kappa shape index (κ3) is 7.15. The molecule has 11 unspecified atom stereocenters. The number of hydrogen-bond donors (Lipinski definition) is 3. The molecule has 6 saturated carbocycles. The van der Waals surface area contributed by atoms with Crippen LogP contribution in [0.3, 0.4) is 0 Å². The number of nitrogens with zero attached hydrogens (tertiary/aromatic N) is 1. The first-order valence-corrected chi connectivity index (χ1v) is 30.1. The van der Waals surface area contributed by atoms with E-state index in [1.54, 1.807) is 0 Å². The number of fused-ring (bicyclic) bond motifs is 5. The van der Waals surface area contributed by atoms with Crippen LogP contribution >= 0.6 is 0 Å². The van der Waals surface area contributed by atoms with Gasteiger partial charge in [-0.15, -0.1) is 0 Å². The molecular weight excluding hydrogens is 905 g/mol. The Hall–Kier alpha value is -3.04. The van der Waals surface area contributed by atoms with Crippen LogP contribution in [-0.2, 0) is 38.4 Å². The van der Waals surface area contributed by atoms with Crippen molar-refractivity contribution in [2.24, 2.45) is 56.2 Å². The van der Waals surface area contributed by atoms with Gasteiger partial charge in [0.25, 0.3) is 0 Å². The lowest BCUT2D eigenvalue weighted by Gasteiger charge is -2.74. The van der Waals surface area contributed by atoms with E-state index in [4.69, 9.17) is 9.47 Å². The number of Topliss-reactive ketones (excluding diaryl/α,β-unsaturated/α-hetero) is 2. The number of aromatic nitrogens is 2. The molecule has 73 heavy (non-hydrogen) atoms. The molecule has 10 aliphatic rings. The first-order chi connectivity index (χ1) is 34.9. The molecule has 8 nitrogen and oxygen atoms in total. The molecule has 2 aromatic heterocycles. The summed E-state index contributed by atoms with van der Waals surface area (Å²) < 4.78 is 14.6. The Kier molecular flexibility index (Phi) is 11.7. The third-order valence-corrected chi connectivity index (χ3v) is 24.8. The summed E-state index contributed by atoms with van der Waals surface area (Å²) in [5.74, 6) is 2.09. The highest BCUT2D eigenvalue weighted by Crippen LogP contribution is 2.81.